The molecule has 5 heterocycles. The van der Waals surface area contributed by atoms with Crippen LogP contribution in [0, 0.1) is 12.8 Å². The van der Waals surface area contributed by atoms with E-state index in [1.165, 1.54) is 24.2 Å². The zero-order valence-electron chi connectivity index (χ0n) is 21.0. The predicted octanol–water partition coefficient (Wildman–Crippen LogP) is 5.99. The van der Waals surface area contributed by atoms with Crippen LogP contribution in [0.15, 0.2) is 60.0 Å². The van der Waals surface area contributed by atoms with Gasteiger partial charge in [0.2, 0.25) is 0 Å². The van der Waals surface area contributed by atoms with E-state index in [0.29, 0.717) is 12.5 Å². The van der Waals surface area contributed by atoms with Crippen LogP contribution in [0.1, 0.15) is 34.4 Å². The summed E-state index contributed by atoms with van der Waals surface area (Å²) in [5, 5.41) is 2.06. The van der Waals surface area contributed by atoms with E-state index >= 15 is 0 Å². The summed E-state index contributed by atoms with van der Waals surface area (Å²) in [5.74, 6) is 1.53. The number of ether oxygens (including phenoxy) is 2. The fourth-order valence-electron chi connectivity index (χ4n) is 6.24. The zero-order chi connectivity index (χ0) is 24.5. The molecule has 1 atom stereocenters. The van der Waals surface area contributed by atoms with Crippen molar-refractivity contribution in [3.05, 3.63) is 81.5 Å². The van der Waals surface area contributed by atoms with Gasteiger partial charge in [-0.05, 0) is 53.3 Å². The molecule has 2 aromatic carbocycles. The Balaban J connectivity index is 1.15. The van der Waals surface area contributed by atoms with E-state index < -0.39 is 0 Å². The lowest BCUT2D eigenvalue weighted by Gasteiger charge is -2.52. The average Bonchev–Trinajstić information content (AvgIpc) is 3.58. The maximum Gasteiger partial charge on any atom is 0.415 e. The second-order valence-electron chi connectivity index (χ2n) is 10.7. The maximum absolute atomic E-state index is 13.6. The first kappa shape index (κ1) is 23.6. The third-order valence-electron chi connectivity index (χ3n) is 8.35. The summed E-state index contributed by atoms with van der Waals surface area (Å²) >= 11 is 1.68. The van der Waals surface area contributed by atoms with Gasteiger partial charge in [0.15, 0.2) is 6.10 Å². The molecule has 4 aliphatic rings. The Labute approximate surface area is 217 Å². The molecule has 5 nitrogen and oxygen atoms in total. The van der Waals surface area contributed by atoms with Crippen molar-refractivity contribution in [3.63, 3.8) is 0 Å². The Kier molecular flexibility index (Phi) is 6.48. The first-order valence-electron chi connectivity index (χ1n) is 13.2. The zero-order valence-corrected chi connectivity index (χ0v) is 21.8. The number of hydrogen-bond acceptors (Lipinski definition) is 4. The van der Waals surface area contributed by atoms with E-state index in [0.717, 1.165) is 71.7 Å². The second kappa shape index (κ2) is 9.91. The SMILES string of the molecule is Cc1cccc(N(Cc2cccs2)C(=O)OC2C[N+]3(CCc4ccc5c(c4)CCO5)CCC2CC3)c1. The Morgan fingerprint density at radius 1 is 1.14 bits per heavy atom. The largest absolute Gasteiger partial charge is 0.493 e. The number of carbonyl (C=O) groups is 1. The Hall–Kier alpha value is -2.83. The summed E-state index contributed by atoms with van der Waals surface area (Å²) in [6.45, 7) is 7.85. The monoisotopic (exact) mass is 503 g/mol. The highest BCUT2D eigenvalue weighted by Crippen LogP contribution is 2.37. The number of carbonyl (C=O) groups excluding carboxylic acids is 1. The normalized spacial score (nSPS) is 24.2. The summed E-state index contributed by atoms with van der Waals surface area (Å²) in [4.78, 5) is 16.6. The second-order valence-corrected chi connectivity index (χ2v) is 11.8. The molecule has 0 radical (unpaired) electrons. The van der Waals surface area contributed by atoms with Crippen molar-refractivity contribution in [1.29, 1.82) is 0 Å². The number of anilines is 1. The summed E-state index contributed by atoms with van der Waals surface area (Å²) in [7, 11) is 0. The molecule has 7 rings (SSSR count). The lowest BCUT2D eigenvalue weighted by Crippen LogP contribution is -2.65. The molecule has 0 aliphatic carbocycles. The molecule has 4 aliphatic heterocycles. The van der Waals surface area contributed by atoms with Gasteiger partial charge in [-0.1, -0.05) is 30.3 Å². The lowest BCUT2D eigenvalue weighted by molar-refractivity contribution is -0.945. The van der Waals surface area contributed by atoms with Crippen molar-refractivity contribution >= 4 is 23.1 Å². The van der Waals surface area contributed by atoms with Gasteiger partial charge in [-0.15, -0.1) is 11.3 Å². The molecule has 0 spiro atoms. The highest BCUT2D eigenvalue weighted by atomic mass is 32.1. The predicted molar refractivity (Wildman–Crippen MR) is 144 cm³/mol. The molecule has 6 heteroatoms. The number of benzene rings is 2. The van der Waals surface area contributed by atoms with Gasteiger partial charge in [-0.3, -0.25) is 4.90 Å². The summed E-state index contributed by atoms with van der Waals surface area (Å²) < 4.78 is 13.1. The molecular formula is C30H35N2O3S+. The highest BCUT2D eigenvalue weighted by Gasteiger charge is 2.47. The van der Waals surface area contributed by atoms with Crippen molar-refractivity contribution in [1.82, 2.24) is 0 Å². The van der Waals surface area contributed by atoms with Crippen molar-refractivity contribution in [2.45, 2.75) is 45.3 Å². The van der Waals surface area contributed by atoms with Crippen molar-refractivity contribution in [2.24, 2.45) is 5.92 Å². The van der Waals surface area contributed by atoms with Crippen LogP contribution in [0.3, 0.4) is 0 Å². The quantitative estimate of drug-likeness (QED) is 0.372. The van der Waals surface area contributed by atoms with Crippen LogP contribution in [0.25, 0.3) is 0 Å². The molecule has 1 unspecified atom stereocenters. The van der Waals surface area contributed by atoms with Gasteiger partial charge in [0, 0.05) is 42.2 Å². The summed E-state index contributed by atoms with van der Waals surface area (Å²) in [6, 6.07) is 19.0. The van der Waals surface area contributed by atoms with Crippen LogP contribution in [0.5, 0.6) is 5.75 Å². The number of piperidine rings is 3. The van der Waals surface area contributed by atoms with Crippen LogP contribution in [0.2, 0.25) is 0 Å². The minimum atomic E-state index is -0.218. The molecule has 3 fully saturated rings. The number of rotatable bonds is 7. The molecule has 3 saturated heterocycles. The molecule has 0 N–H and O–H groups in total. The van der Waals surface area contributed by atoms with Crippen LogP contribution in [-0.2, 0) is 24.1 Å². The minimum absolute atomic E-state index is 0.0101. The first-order chi connectivity index (χ1) is 17.6. The Bertz CT molecular complexity index is 1220. The molecular weight excluding hydrogens is 468 g/mol. The number of fused-ring (bicyclic) bond motifs is 4. The van der Waals surface area contributed by atoms with Gasteiger partial charge in [0.05, 0.1) is 32.8 Å². The van der Waals surface area contributed by atoms with Crippen LogP contribution < -0.4 is 9.64 Å². The van der Waals surface area contributed by atoms with Crippen molar-refractivity contribution < 1.29 is 18.8 Å². The summed E-state index contributed by atoms with van der Waals surface area (Å²) in [6.07, 6.45) is 4.14. The van der Waals surface area contributed by atoms with E-state index in [1.807, 2.05) is 23.1 Å². The maximum atomic E-state index is 13.6. The van der Waals surface area contributed by atoms with Gasteiger partial charge in [-0.25, -0.2) is 4.79 Å². The molecule has 188 valence electrons. The fraction of sp³-hybridized carbons (Fsp3) is 0.433. The van der Waals surface area contributed by atoms with E-state index in [4.69, 9.17) is 9.47 Å². The van der Waals surface area contributed by atoms with E-state index in [-0.39, 0.29) is 12.2 Å². The van der Waals surface area contributed by atoms with Crippen LogP contribution in [-0.4, -0.2) is 49.5 Å². The third-order valence-corrected chi connectivity index (χ3v) is 9.21. The van der Waals surface area contributed by atoms with Gasteiger partial charge in [0.1, 0.15) is 12.3 Å². The summed E-state index contributed by atoms with van der Waals surface area (Å²) in [5.41, 5.74) is 4.79. The number of thiophene rings is 1. The van der Waals surface area contributed by atoms with E-state index in [9.17, 15) is 4.79 Å². The molecule has 2 bridgehead atoms. The minimum Gasteiger partial charge on any atom is -0.493 e. The topological polar surface area (TPSA) is 38.8 Å². The molecule has 1 aromatic heterocycles. The number of nitrogens with zero attached hydrogens (tertiary/aromatic N) is 2. The van der Waals surface area contributed by atoms with Crippen LogP contribution in [0.4, 0.5) is 10.5 Å². The number of aryl methyl sites for hydroxylation is 1. The molecule has 3 aromatic rings. The third kappa shape index (κ3) is 4.89. The molecule has 1 amide bonds. The standard InChI is InChI=1S/C30H35N2O3S/c1-22-4-2-5-26(18-22)31(20-27-6-3-17-36-27)30(33)35-29-21-32(14-10-24(29)11-15-32)13-9-23-7-8-28-25(19-23)12-16-34-28/h2-8,17-19,24,29H,9-16,20-21H2,1H3/q+1. The van der Waals surface area contributed by atoms with E-state index in [1.54, 1.807) is 11.3 Å². The molecule has 0 saturated carbocycles. The highest BCUT2D eigenvalue weighted by molar-refractivity contribution is 7.09. The Morgan fingerprint density at radius 2 is 2.03 bits per heavy atom. The average molecular weight is 504 g/mol. The fourth-order valence-corrected chi connectivity index (χ4v) is 6.93. The Morgan fingerprint density at radius 3 is 2.83 bits per heavy atom. The van der Waals surface area contributed by atoms with Crippen molar-refractivity contribution in [2.75, 3.05) is 37.7 Å². The number of hydrogen-bond donors (Lipinski definition) is 0. The van der Waals surface area contributed by atoms with Gasteiger partial charge in [0.25, 0.3) is 0 Å². The lowest BCUT2D eigenvalue weighted by atomic mass is 9.83. The number of amides is 1. The van der Waals surface area contributed by atoms with Gasteiger partial charge in [-0.2, -0.15) is 0 Å². The number of quaternary nitrogens is 1. The van der Waals surface area contributed by atoms with Crippen molar-refractivity contribution in [3.8, 4) is 5.75 Å². The first-order valence-corrected chi connectivity index (χ1v) is 14.1. The van der Waals surface area contributed by atoms with Gasteiger partial charge >= 0.3 is 6.09 Å². The molecule has 36 heavy (non-hydrogen) atoms. The van der Waals surface area contributed by atoms with E-state index in [2.05, 4.69) is 48.7 Å². The van der Waals surface area contributed by atoms with Crippen LogP contribution >= 0.6 is 11.3 Å². The van der Waals surface area contributed by atoms with Gasteiger partial charge < -0.3 is 14.0 Å². The smallest absolute Gasteiger partial charge is 0.415 e.